The fraction of sp³-hybridized carbons (Fsp3) is 0.318. The molecule has 0 radical (unpaired) electrons. The number of rotatable bonds is 4. The normalized spacial score (nSPS) is 18.8. The molecule has 0 aromatic heterocycles. The van der Waals surface area contributed by atoms with E-state index in [-0.39, 0.29) is 5.91 Å². The zero-order valence-electron chi connectivity index (χ0n) is 16.1. The van der Waals surface area contributed by atoms with Crippen LogP contribution in [0.4, 0.5) is 11.4 Å². The van der Waals surface area contributed by atoms with E-state index in [2.05, 4.69) is 4.90 Å². The van der Waals surface area contributed by atoms with E-state index in [1.165, 1.54) is 0 Å². The number of anilines is 2. The molecule has 6 nitrogen and oxygen atoms in total. The van der Waals surface area contributed by atoms with Crippen LogP contribution in [0.2, 0.25) is 0 Å². The highest BCUT2D eigenvalue weighted by atomic mass is 16.5. The lowest BCUT2D eigenvalue weighted by atomic mass is 10.1. The van der Waals surface area contributed by atoms with Gasteiger partial charge in [-0.05, 0) is 30.7 Å². The number of ether oxygens (including phenoxy) is 2. The van der Waals surface area contributed by atoms with Gasteiger partial charge in [0.05, 0.1) is 18.9 Å². The Kier molecular flexibility index (Phi) is 5.32. The van der Waals surface area contributed by atoms with E-state index in [0.717, 1.165) is 49.7 Å². The Labute approximate surface area is 165 Å². The minimum atomic E-state index is -0.132. The summed E-state index contributed by atoms with van der Waals surface area (Å²) in [6, 6.07) is 13.4. The molecule has 6 heteroatoms. The van der Waals surface area contributed by atoms with Gasteiger partial charge in [0.15, 0.2) is 11.5 Å². The van der Waals surface area contributed by atoms with Crippen LogP contribution in [0.3, 0.4) is 0 Å². The number of carbonyl (C=O) groups is 1. The summed E-state index contributed by atoms with van der Waals surface area (Å²) in [4.78, 5) is 17.3. The molecular formula is C22H25N3O3. The maximum absolute atomic E-state index is 13.2. The minimum absolute atomic E-state index is 0.132. The van der Waals surface area contributed by atoms with Crippen LogP contribution in [0.1, 0.15) is 11.1 Å². The number of morpholine rings is 1. The Hall–Kier alpha value is -2.83. The van der Waals surface area contributed by atoms with Crippen molar-refractivity contribution in [3.63, 3.8) is 0 Å². The molecule has 2 aromatic carbocycles. The molecule has 0 atom stereocenters. The summed E-state index contributed by atoms with van der Waals surface area (Å²) < 4.78 is 11.4. The first-order chi connectivity index (χ1) is 13.6. The summed E-state index contributed by atoms with van der Waals surface area (Å²) in [5.41, 5.74) is 9.38. The molecule has 2 N–H and O–H groups in total. The summed E-state index contributed by atoms with van der Waals surface area (Å²) in [5, 5.41) is 0. The highest BCUT2D eigenvalue weighted by Gasteiger charge is 2.30. The third-order valence-corrected chi connectivity index (χ3v) is 5.03. The summed E-state index contributed by atoms with van der Waals surface area (Å²) >= 11 is 0. The summed E-state index contributed by atoms with van der Waals surface area (Å²) in [7, 11) is 0. The predicted octanol–water partition coefficient (Wildman–Crippen LogP) is 2.68. The van der Waals surface area contributed by atoms with Crippen LogP contribution in [-0.2, 0) is 9.53 Å². The maximum Gasteiger partial charge on any atom is 0.294 e. The third kappa shape index (κ3) is 4.03. The molecule has 0 saturated carbocycles. The molecule has 1 saturated heterocycles. The van der Waals surface area contributed by atoms with Crippen molar-refractivity contribution >= 4 is 23.4 Å². The quantitative estimate of drug-likeness (QED) is 0.653. The molecule has 28 heavy (non-hydrogen) atoms. The third-order valence-electron chi connectivity index (χ3n) is 5.03. The molecule has 2 aliphatic rings. The lowest BCUT2D eigenvalue weighted by Gasteiger charge is -2.33. The molecule has 0 aliphatic carbocycles. The van der Waals surface area contributed by atoms with Crippen LogP contribution in [0.25, 0.3) is 6.08 Å². The second-order valence-corrected chi connectivity index (χ2v) is 7.16. The standard InChI is InChI=1S/C22H25N3O3/c1-16-3-2-4-17(13-16)14-21-22(26)25(8-7-24-9-11-27-12-10-24)19-6-5-18(23)15-20(19)28-21/h2-6,13-15H,7-12,23H2,1H3/b21-14+. The fourth-order valence-corrected chi connectivity index (χ4v) is 3.53. The average Bonchev–Trinajstić information content (AvgIpc) is 2.69. The zero-order valence-corrected chi connectivity index (χ0v) is 16.1. The Morgan fingerprint density at radius 1 is 1.11 bits per heavy atom. The van der Waals surface area contributed by atoms with E-state index >= 15 is 0 Å². The number of carbonyl (C=O) groups excluding carboxylic acids is 1. The van der Waals surface area contributed by atoms with Gasteiger partial charge in [-0.2, -0.15) is 0 Å². The molecule has 4 rings (SSSR count). The van der Waals surface area contributed by atoms with E-state index in [9.17, 15) is 4.79 Å². The van der Waals surface area contributed by atoms with Crippen LogP contribution >= 0.6 is 0 Å². The van der Waals surface area contributed by atoms with E-state index in [1.54, 1.807) is 23.1 Å². The van der Waals surface area contributed by atoms with Gasteiger partial charge in [-0.1, -0.05) is 29.8 Å². The van der Waals surface area contributed by atoms with Gasteiger partial charge in [0.1, 0.15) is 0 Å². The van der Waals surface area contributed by atoms with Gasteiger partial charge in [0.2, 0.25) is 0 Å². The van der Waals surface area contributed by atoms with Gasteiger partial charge in [-0.15, -0.1) is 0 Å². The van der Waals surface area contributed by atoms with Gasteiger partial charge >= 0.3 is 0 Å². The Balaban J connectivity index is 1.62. The van der Waals surface area contributed by atoms with Crippen molar-refractivity contribution in [1.82, 2.24) is 4.90 Å². The SMILES string of the molecule is Cc1cccc(/C=C2/Oc3cc(N)ccc3N(CCN3CCOCC3)C2=O)c1. The Morgan fingerprint density at radius 3 is 2.71 bits per heavy atom. The van der Waals surface area contributed by atoms with Gasteiger partial charge < -0.3 is 20.1 Å². The molecule has 1 amide bonds. The number of hydrogen-bond donors (Lipinski definition) is 1. The number of aryl methyl sites for hydroxylation is 1. The van der Waals surface area contributed by atoms with Crippen LogP contribution < -0.4 is 15.4 Å². The molecule has 0 bridgehead atoms. The second-order valence-electron chi connectivity index (χ2n) is 7.16. The van der Waals surface area contributed by atoms with Crippen molar-refractivity contribution in [3.8, 4) is 5.75 Å². The van der Waals surface area contributed by atoms with Gasteiger partial charge in [-0.25, -0.2) is 0 Å². The van der Waals surface area contributed by atoms with Crippen molar-refractivity contribution < 1.29 is 14.3 Å². The fourth-order valence-electron chi connectivity index (χ4n) is 3.53. The minimum Gasteiger partial charge on any atom is -0.449 e. The molecule has 146 valence electrons. The predicted molar refractivity (Wildman–Crippen MR) is 110 cm³/mol. The molecule has 2 aliphatic heterocycles. The monoisotopic (exact) mass is 379 g/mol. The first-order valence-corrected chi connectivity index (χ1v) is 9.58. The Bertz CT molecular complexity index is 904. The average molecular weight is 379 g/mol. The van der Waals surface area contributed by atoms with Crippen LogP contribution in [-0.4, -0.2) is 50.2 Å². The van der Waals surface area contributed by atoms with Gasteiger partial charge in [-0.3, -0.25) is 9.69 Å². The van der Waals surface area contributed by atoms with Crippen molar-refractivity contribution in [3.05, 3.63) is 59.4 Å². The second kappa shape index (κ2) is 8.04. The van der Waals surface area contributed by atoms with Crippen molar-refractivity contribution in [2.45, 2.75) is 6.92 Å². The smallest absolute Gasteiger partial charge is 0.294 e. The maximum atomic E-state index is 13.2. The first kappa shape index (κ1) is 18.5. The molecule has 0 spiro atoms. The van der Waals surface area contributed by atoms with Crippen molar-refractivity contribution in [2.24, 2.45) is 0 Å². The number of hydrogen-bond acceptors (Lipinski definition) is 5. The molecule has 1 fully saturated rings. The van der Waals surface area contributed by atoms with Crippen LogP contribution in [0, 0.1) is 6.92 Å². The summed E-state index contributed by atoms with van der Waals surface area (Å²) in [5.74, 6) is 0.790. The molecule has 0 unspecified atom stereocenters. The number of nitrogens with two attached hydrogens (primary N) is 1. The van der Waals surface area contributed by atoms with Crippen molar-refractivity contribution in [2.75, 3.05) is 50.0 Å². The van der Waals surface area contributed by atoms with Gasteiger partial charge in [0, 0.05) is 37.9 Å². The number of fused-ring (bicyclic) bond motifs is 1. The van der Waals surface area contributed by atoms with E-state index in [1.807, 2.05) is 37.3 Å². The molecule has 2 aromatic rings. The summed E-state index contributed by atoms with van der Waals surface area (Å²) in [6.45, 7) is 6.65. The number of benzene rings is 2. The number of amides is 1. The van der Waals surface area contributed by atoms with E-state index in [0.29, 0.717) is 23.7 Å². The van der Waals surface area contributed by atoms with Crippen LogP contribution in [0.5, 0.6) is 5.75 Å². The molecular weight excluding hydrogens is 354 g/mol. The topological polar surface area (TPSA) is 68.0 Å². The highest BCUT2D eigenvalue weighted by molar-refractivity contribution is 6.10. The van der Waals surface area contributed by atoms with Gasteiger partial charge in [0.25, 0.3) is 5.91 Å². The van der Waals surface area contributed by atoms with E-state index in [4.69, 9.17) is 15.2 Å². The number of nitrogens with zero attached hydrogens (tertiary/aromatic N) is 2. The van der Waals surface area contributed by atoms with Crippen LogP contribution in [0.15, 0.2) is 48.2 Å². The number of nitrogen functional groups attached to an aromatic ring is 1. The van der Waals surface area contributed by atoms with Crippen molar-refractivity contribution in [1.29, 1.82) is 0 Å². The lowest BCUT2D eigenvalue weighted by Crippen LogP contribution is -2.45. The highest BCUT2D eigenvalue weighted by Crippen LogP contribution is 2.37. The van der Waals surface area contributed by atoms with E-state index < -0.39 is 0 Å². The Morgan fingerprint density at radius 2 is 1.93 bits per heavy atom. The lowest BCUT2D eigenvalue weighted by molar-refractivity contribution is -0.117. The largest absolute Gasteiger partial charge is 0.449 e. The first-order valence-electron chi connectivity index (χ1n) is 9.58. The summed E-state index contributed by atoms with van der Waals surface area (Å²) in [6.07, 6.45) is 1.79. The zero-order chi connectivity index (χ0) is 19.5. The molecule has 2 heterocycles.